The van der Waals surface area contributed by atoms with E-state index in [1.807, 2.05) is 18.2 Å². The number of fused-ring (bicyclic) bond motifs is 1. The van der Waals surface area contributed by atoms with Crippen molar-refractivity contribution in [1.29, 1.82) is 0 Å². The van der Waals surface area contributed by atoms with Crippen LogP contribution in [-0.2, 0) is 21.2 Å². The molecule has 1 aromatic heterocycles. The lowest BCUT2D eigenvalue weighted by molar-refractivity contribution is -0.122. The van der Waals surface area contributed by atoms with Gasteiger partial charge in [-0.25, -0.2) is 8.42 Å². The third-order valence-electron chi connectivity index (χ3n) is 5.38. The highest BCUT2D eigenvalue weighted by molar-refractivity contribution is 7.91. The molecule has 2 aromatic carbocycles. The molecule has 5 nitrogen and oxygen atoms in total. The van der Waals surface area contributed by atoms with Crippen molar-refractivity contribution in [2.75, 3.05) is 0 Å². The molecule has 1 amide bonds. The van der Waals surface area contributed by atoms with Gasteiger partial charge in [-0.3, -0.25) is 4.79 Å². The number of nitrogens with zero attached hydrogens (tertiary/aromatic N) is 1. The van der Waals surface area contributed by atoms with Gasteiger partial charge in [-0.2, -0.15) is 0 Å². The van der Waals surface area contributed by atoms with Gasteiger partial charge in [-0.15, -0.1) is 0 Å². The summed E-state index contributed by atoms with van der Waals surface area (Å²) in [5, 5.41) is 3.74. The van der Waals surface area contributed by atoms with Gasteiger partial charge in [-0.1, -0.05) is 55.7 Å². The summed E-state index contributed by atoms with van der Waals surface area (Å²) < 4.78 is 28.0. The lowest BCUT2D eigenvalue weighted by Gasteiger charge is -2.22. The summed E-state index contributed by atoms with van der Waals surface area (Å²) in [6.07, 6.45) is 7.16. The fraction of sp³-hybridized carbons (Fsp3) is 0.318. The number of amides is 1. The minimum Gasteiger partial charge on any atom is -0.352 e. The smallest absolute Gasteiger partial charge is 0.240 e. The molecule has 146 valence electrons. The van der Waals surface area contributed by atoms with Crippen molar-refractivity contribution < 1.29 is 13.2 Å². The third-order valence-corrected chi connectivity index (χ3v) is 7.18. The molecule has 0 radical (unpaired) electrons. The summed E-state index contributed by atoms with van der Waals surface area (Å²) in [4.78, 5) is 13.1. The first-order valence-electron chi connectivity index (χ1n) is 9.73. The fourth-order valence-corrected chi connectivity index (χ4v) is 5.46. The molecule has 4 rings (SSSR count). The van der Waals surface area contributed by atoms with Crippen LogP contribution in [0.25, 0.3) is 10.9 Å². The van der Waals surface area contributed by atoms with E-state index in [2.05, 4.69) is 5.32 Å². The van der Waals surface area contributed by atoms with Crippen molar-refractivity contribution in [3.63, 3.8) is 0 Å². The van der Waals surface area contributed by atoms with E-state index in [4.69, 9.17) is 0 Å². The highest BCUT2D eigenvalue weighted by Gasteiger charge is 2.24. The molecule has 6 heteroatoms. The zero-order valence-electron chi connectivity index (χ0n) is 15.7. The van der Waals surface area contributed by atoms with Crippen LogP contribution in [0.15, 0.2) is 70.6 Å². The van der Waals surface area contributed by atoms with Crippen LogP contribution in [0.1, 0.15) is 32.1 Å². The monoisotopic (exact) mass is 396 g/mol. The Labute approximate surface area is 165 Å². The lowest BCUT2D eigenvalue weighted by Crippen LogP contribution is -2.38. The van der Waals surface area contributed by atoms with Crippen molar-refractivity contribution in [2.24, 2.45) is 0 Å². The maximum atomic E-state index is 13.1. The second-order valence-electron chi connectivity index (χ2n) is 7.36. The van der Waals surface area contributed by atoms with Crippen LogP contribution in [-0.4, -0.2) is 24.9 Å². The summed E-state index contributed by atoms with van der Waals surface area (Å²) in [6, 6.07) is 16.0. The van der Waals surface area contributed by atoms with Crippen molar-refractivity contribution in [3.8, 4) is 0 Å². The molecular formula is C22H24N2O3S. The maximum absolute atomic E-state index is 13.1. The molecule has 0 unspecified atom stereocenters. The molecule has 3 aromatic rings. The number of rotatable bonds is 5. The van der Waals surface area contributed by atoms with Crippen LogP contribution in [0.5, 0.6) is 0 Å². The maximum Gasteiger partial charge on any atom is 0.240 e. The number of benzene rings is 2. The molecule has 1 fully saturated rings. The predicted molar refractivity (Wildman–Crippen MR) is 109 cm³/mol. The molecule has 1 heterocycles. The average molecular weight is 397 g/mol. The molecule has 0 atom stereocenters. The molecule has 0 saturated heterocycles. The van der Waals surface area contributed by atoms with Gasteiger partial charge in [-0.05, 0) is 31.0 Å². The molecule has 28 heavy (non-hydrogen) atoms. The highest BCUT2D eigenvalue weighted by atomic mass is 32.2. The summed E-state index contributed by atoms with van der Waals surface area (Å²) in [6.45, 7) is 0.112. The highest BCUT2D eigenvalue weighted by Crippen LogP contribution is 2.30. The van der Waals surface area contributed by atoms with Crippen LogP contribution in [0, 0.1) is 0 Å². The van der Waals surface area contributed by atoms with Crippen LogP contribution >= 0.6 is 0 Å². The SMILES string of the molecule is O=C(Cn1cc(S(=O)(=O)c2ccccc2)c2ccccc21)NC1CCCCC1. The van der Waals surface area contributed by atoms with Crippen molar-refractivity contribution in [1.82, 2.24) is 9.88 Å². The standard InChI is InChI=1S/C22H24N2O3S/c25-22(23-17-9-3-1-4-10-17)16-24-15-21(19-13-7-8-14-20(19)24)28(26,27)18-11-5-2-6-12-18/h2,5-8,11-15,17H,1,3-4,9-10,16H2,(H,23,25). The first kappa shape index (κ1) is 18.7. The number of hydrogen-bond acceptors (Lipinski definition) is 3. The Bertz CT molecular complexity index is 1080. The first-order valence-corrected chi connectivity index (χ1v) is 11.2. The second kappa shape index (κ2) is 7.80. The van der Waals surface area contributed by atoms with Crippen molar-refractivity contribution in [2.45, 2.75) is 54.5 Å². The Kier molecular flexibility index (Phi) is 5.22. The molecule has 0 aliphatic heterocycles. The van der Waals surface area contributed by atoms with Crippen molar-refractivity contribution >= 4 is 26.6 Å². The molecule has 0 spiro atoms. The van der Waals surface area contributed by atoms with E-state index in [0.29, 0.717) is 5.39 Å². The summed E-state index contributed by atoms with van der Waals surface area (Å²) in [7, 11) is -3.66. The molecule has 0 bridgehead atoms. The topological polar surface area (TPSA) is 68.2 Å². The van der Waals surface area contributed by atoms with Gasteiger partial charge in [0.2, 0.25) is 15.7 Å². The molecule has 1 N–H and O–H groups in total. The average Bonchev–Trinajstić information content (AvgIpc) is 3.09. The summed E-state index contributed by atoms with van der Waals surface area (Å²) in [5.74, 6) is -0.0729. The van der Waals surface area contributed by atoms with E-state index in [1.54, 1.807) is 47.2 Å². The Morgan fingerprint density at radius 3 is 2.39 bits per heavy atom. The number of nitrogens with one attached hydrogen (secondary N) is 1. The Morgan fingerprint density at radius 2 is 1.64 bits per heavy atom. The Morgan fingerprint density at radius 1 is 0.964 bits per heavy atom. The zero-order chi connectivity index (χ0) is 19.6. The van der Waals surface area contributed by atoms with Gasteiger partial charge in [0.1, 0.15) is 6.54 Å². The van der Waals surface area contributed by atoms with Crippen molar-refractivity contribution in [3.05, 3.63) is 60.8 Å². The van der Waals surface area contributed by atoms with Gasteiger partial charge in [0.05, 0.1) is 9.79 Å². The van der Waals surface area contributed by atoms with Gasteiger partial charge >= 0.3 is 0 Å². The van der Waals surface area contributed by atoms with Crippen LogP contribution in [0.3, 0.4) is 0 Å². The third kappa shape index (κ3) is 3.69. The number of hydrogen-bond donors (Lipinski definition) is 1. The number of carbonyl (C=O) groups excluding carboxylic acids is 1. The van der Waals surface area contributed by atoms with Gasteiger partial charge < -0.3 is 9.88 Å². The Balaban J connectivity index is 1.66. The lowest BCUT2D eigenvalue weighted by atomic mass is 9.95. The zero-order valence-corrected chi connectivity index (χ0v) is 16.5. The van der Waals surface area contributed by atoms with E-state index in [0.717, 1.165) is 31.2 Å². The molecule has 1 aliphatic carbocycles. The summed E-state index contributed by atoms with van der Waals surface area (Å²) in [5.41, 5.74) is 0.746. The minimum absolute atomic E-state index is 0.0729. The van der Waals surface area contributed by atoms with E-state index in [9.17, 15) is 13.2 Å². The minimum atomic E-state index is -3.66. The summed E-state index contributed by atoms with van der Waals surface area (Å²) >= 11 is 0. The number of aromatic nitrogens is 1. The fourth-order valence-electron chi connectivity index (χ4n) is 3.96. The van der Waals surface area contributed by atoms with Gasteiger partial charge in [0.15, 0.2) is 0 Å². The number of para-hydroxylation sites is 1. The quantitative estimate of drug-likeness (QED) is 0.711. The van der Waals surface area contributed by atoms with E-state index in [-0.39, 0.29) is 28.3 Å². The number of sulfone groups is 1. The first-order chi connectivity index (χ1) is 13.6. The van der Waals surface area contributed by atoms with E-state index < -0.39 is 9.84 Å². The van der Waals surface area contributed by atoms with Crippen LogP contribution < -0.4 is 5.32 Å². The number of carbonyl (C=O) groups is 1. The largest absolute Gasteiger partial charge is 0.352 e. The second-order valence-corrected chi connectivity index (χ2v) is 9.28. The van der Waals surface area contributed by atoms with E-state index >= 15 is 0 Å². The predicted octanol–water partition coefficient (Wildman–Crippen LogP) is 3.92. The van der Waals surface area contributed by atoms with Crippen LogP contribution in [0.4, 0.5) is 0 Å². The van der Waals surface area contributed by atoms with Gasteiger partial charge in [0.25, 0.3) is 0 Å². The molecular weight excluding hydrogens is 372 g/mol. The normalized spacial score (nSPS) is 15.6. The molecule has 1 aliphatic rings. The van der Waals surface area contributed by atoms with E-state index in [1.165, 1.54) is 6.42 Å². The Hall–Kier alpha value is -2.60. The van der Waals surface area contributed by atoms with Gasteiger partial charge in [0, 0.05) is 23.1 Å². The van der Waals surface area contributed by atoms with Crippen LogP contribution in [0.2, 0.25) is 0 Å². The molecule has 1 saturated carbocycles.